The molecule has 0 amide bonds. The molecule has 0 bridgehead atoms. The zero-order valence-corrected chi connectivity index (χ0v) is 15.4. The van der Waals surface area contributed by atoms with Gasteiger partial charge in [-0.15, -0.1) is 0 Å². The van der Waals surface area contributed by atoms with E-state index in [9.17, 15) is 0 Å². The van der Waals surface area contributed by atoms with Gasteiger partial charge in [0.25, 0.3) is 0 Å². The second kappa shape index (κ2) is 8.71. The first-order valence-corrected chi connectivity index (χ1v) is 9.16. The van der Waals surface area contributed by atoms with Crippen LogP contribution in [0.3, 0.4) is 0 Å². The van der Waals surface area contributed by atoms with Gasteiger partial charge in [0.1, 0.15) is 5.82 Å². The van der Waals surface area contributed by atoms with Crippen LogP contribution in [0.15, 0.2) is 30.6 Å². The van der Waals surface area contributed by atoms with Gasteiger partial charge in [0, 0.05) is 43.8 Å². The Morgan fingerprint density at radius 1 is 1.20 bits per heavy atom. The molecule has 0 atom stereocenters. The quantitative estimate of drug-likeness (QED) is 0.816. The second-order valence-electron chi connectivity index (χ2n) is 6.26. The van der Waals surface area contributed by atoms with E-state index < -0.39 is 0 Å². The fraction of sp³-hybridized carbons (Fsp3) is 0.444. The number of rotatable bonds is 4. The lowest BCUT2D eigenvalue weighted by Crippen LogP contribution is -2.30. The van der Waals surface area contributed by atoms with Gasteiger partial charge in [-0.3, -0.25) is 4.98 Å². The van der Waals surface area contributed by atoms with Crippen LogP contribution in [0.4, 0.5) is 11.8 Å². The van der Waals surface area contributed by atoms with Crippen LogP contribution < -0.4 is 15.5 Å². The molecule has 0 aliphatic carbocycles. The highest BCUT2D eigenvalue weighted by Gasteiger charge is 2.13. The van der Waals surface area contributed by atoms with Crippen molar-refractivity contribution in [3.05, 3.63) is 41.9 Å². The van der Waals surface area contributed by atoms with E-state index in [0.29, 0.717) is 17.6 Å². The lowest BCUT2D eigenvalue weighted by molar-refractivity contribution is 0.726. The molecule has 1 saturated heterocycles. The molecule has 0 saturated carbocycles. The van der Waals surface area contributed by atoms with Crippen molar-refractivity contribution < 1.29 is 0 Å². The van der Waals surface area contributed by atoms with Crippen LogP contribution in [-0.2, 0) is 6.54 Å². The van der Waals surface area contributed by atoms with E-state index in [0.717, 1.165) is 30.2 Å². The molecule has 0 radical (unpaired) electrons. The second-order valence-corrected chi connectivity index (χ2v) is 6.67. The Bertz CT molecular complexity index is 698. The van der Waals surface area contributed by atoms with E-state index >= 15 is 0 Å². The molecule has 0 spiro atoms. The number of nitrogens with one attached hydrogen (secondary N) is 2. The van der Waals surface area contributed by atoms with Gasteiger partial charge in [-0.05, 0) is 43.6 Å². The Hall–Kier alpha value is -2.28. The Morgan fingerprint density at radius 3 is 2.72 bits per heavy atom. The highest BCUT2D eigenvalue weighted by Crippen LogP contribution is 2.19. The Kier molecular flexibility index (Phi) is 6.11. The third-order valence-electron chi connectivity index (χ3n) is 4.17. The van der Waals surface area contributed by atoms with Crippen molar-refractivity contribution in [2.75, 3.05) is 23.3 Å². The minimum Gasteiger partial charge on any atom is -0.358 e. The molecule has 25 heavy (non-hydrogen) atoms. The summed E-state index contributed by atoms with van der Waals surface area (Å²) in [7, 11) is 0. The maximum absolute atomic E-state index is 5.36. The number of aromatic nitrogens is 3. The number of aryl methyl sites for hydroxylation is 1. The molecular formula is C18H24N6S. The number of pyridine rings is 1. The number of hydrogen-bond acceptors (Lipinski definition) is 5. The van der Waals surface area contributed by atoms with Crippen molar-refractivity contribution in [3.8, 4) is 0 Å². The molecule has 3 heterocycles. The Morgan fingerprint density at radius 2 is 2.00 bits per heavy atom. The molecule has 132 valence electrons. The number of anilines is 2. The number of nitrogens with zero attached hydrogens (tertiary/aromatic N) is 4. The van der Waals surface area contributed by atoms with Crippen LogP contribution in [-0.4, -0.2) is 33.2 Å². The lowest BCUT2D eigenvalue weighted by Gasteiger charge is -2.22. The molecule has 0 aromatic carbocycles. The fourth-order valence-electron chi connectivity index (χ4n) is 2.90. The smallest absolute Gasteiger partial charge is 0.231 e. The molecular weight excluding hydrogens is 332 g/mol. The monoisotopic (exact) mass is 356 g/mol. The maximum atomic E-state index is 5.36. The highest BCUT2D eigenvalue weighted by atomic mass is 32.1. The Balaban J connectivity index is 1.62. The fourth-order valence-corrected chi connectivity index (χ4v) is 3.06. The van der Waals surface area contributed by atoms with Crippen LogP contribution in [0.5, 0.6) is 0 Å². The zero-order valence-electron chi connectivity index (χ0n) is 14.5. The molecule has 2 aromatic heterocycles. The largest absolute Gasteiger partial charge is 0.358 e. The third-order valence-corrected chi connectivity index (χ3v) is 4.42. The van der Waals surface area contributed by atoms with Gasteiger partial charge in [-0.1, -0.05) is 18.9 Å². The van der Waals surface area contributed by atoms with Crippen molar-refractivity contribution in [2.45, 2.75) is 39.2 Å². The third kappa shape index (κ3) is 5.35. The van der Waals surface area contributed by atoms with E-state index in [1.807, 2.05) is 31.3 Å². The number of hydrogen-bond donors (Lipinski definition) is 2. The molecule has 1 aliphatic rings. The van der Waals surface area contributed by atoms with E-state index in [-0.39, 0.29) is 0 Å². The molecule has 0 unspecified atom stereocenters. The topological polar surface area (TPSA) is 66.0 Å². The standard InChI is InChI=1S/C18H24N6S/c1-14-11-16(24-9-4-2-3-5-10-24)22-17(21-14)23-18(25)20-13-15-7-6-8-19-12-15/h6-8,11-12H,2-5,9-10,13H2,1H3,(H2,20,21,22,23,25). The predicted octanol–water partition coefficient (Wildman–Crippen LogP) is 3.05. The van der Waals surface area contributed by atoms with Crippen molar-refractivity contribution in [1.82, 2.24) is 20.3 Å². The first kappa shape index (κ1) is 17.5. The normalized spacial score (nSPS) is 14.7. The van der Waals surface area contributed by atoms with Gasteiger partial charge >= 0.3 is 0 Å². The summed E-state index contributed by atoms with van der Waals surface area (Å²) < 4.78 is 0. The predicted molar refractivity (Wildman–Crippen MR) is 105 cm³/mol. The van der Waals surface area contributed by atoms with Gasteiger partial charge < -0.3 is 15.5 Å². The van der Waals surface area contributed by atoms with E-state index in [1.54, 1.807) is 6.20 Å². The SMILES string of the molecule is Cc1cc(N2CCCCCC2)nc(NC(=S)NCc2cccnc2)n1. The minimum absolute atomic E-state index is 0.510. The summed E-state index contributed by atoms with van der Waals surface area (Å²) in [5.74, 6) is 1.52. The van der Waals surface area contributed by atoms with E-state index in [1.165, 1.54) is 25.7 Å². The zero-order chi connectivity index (χ0) is 17.5. The first-order valence-electron chi connectivity index (χ1n) is 8.75. The average Bonchev–Trinajstić information content (AvgIpc) is 2.90. The molecule has 1 aliphatic heterocycles. The summed E-state index contributed by atoms with van der Waals surface area (Å²) in [4.78, 5) is 15.6. The summed E-state index contributed by atoms with van der Waals surface area (Å²) in [6.45, 7) is 4.71. The summed E-state index contributed by atoms with van der Waals surface area (Å²) in [6, 6.07) is 5.95. The van der Waals surface area contributed by atoms with Crippen molar-refractivity contribution in [3.63, 3.8) is 0 Å². The van der Waals surface area contributed by atoms with Crippen LogP contribution in [0, 0.1) is 6.92 Å². The molecule has 6 nitrogen and oxygen atoms in total. The van der Waals surface area contributed by atoms with Crippen LogP contribution in [0.25, 0.3) is 0 Å². The lowest BCUT2D eigenvalue weighted by atomic mass is 10.2. The van der Waals surface area contributed by atoms with Crippen molar-refractivity contribution >= 4 is 29.1 Å². The van der Waals surface area contributed by atoms with E-state index in [2.05, 4.69) is 30.5 Å². The van der Waals surface area contributed by atoms with Crippen molar-refractivity contribution in [1.29, 1.82) is 0 Å². The van der Waals surface area contributed by atoms with Gasteiger partial charge in [0.15, 0.2) is 5.11 Å². The van der Waals surface area contributed by atoms with Crippen molar-refractivity contribution in [2.24, 2.45) is 0 Å². The molecule has 3 rings (SSSR count). The van der Waals surface area contributed by atoms with Gasteiger partial charge in [-0.25, -0.2) is 4.98 Å². The molecule has 1 fully saturated rings. The van der Waals surface area contributed by atoms with Gasteiger partial charge in [0.05, 0.1) is 0 Å². The average molecular weight is 356 g/mol. The summed E-state index contributed by atoms with van der Waals surface area (Å²) in [6.07, 6.45) is 8.61. The van der Waals surface area contributed by atoms with Crippen LogP contribution in [0.1, 0.15) is 36.9 Å². The molecule has 2 aromatic rings. The molecule has 7 heteroatoms. The maximum Gasteiger partial charge on any atom is 0.231 e. The minimum atomic E-state index is 0.510. The molecule has 2 N–H and O–H groups in total. The van der Waals surface area contributed by atoms with Gasteiger partial charge in [0.2, 0.25) is 5.95 Å². The highest BCUT2D eigenvalue weighted by molar-refractivity contribution is 7.80. The number of thiocarbonyl (C=S) groups is 1. The summed E-state index contributed by atoms with van der Waals surface area (Å²) in [5, 5.41) is 6.77. The van der Waals surface area contributed by atoms with E-state index in [4.69, 9.17) is 12.2 Å². The van der Waals surface area contributed by atoms with Gasteiger partial charge in [-0.2, -0.15) is 4.98 Å². The summed E-state index contributed by atoms with van der Waals surface area (Å²) in [5.41, 5.74) is 2.01. The Labute approximate surface area is 154 Å². The first-order chi connectivity index (χ1) is 12.2. The summed E-state index contributed by atoms with van der Waals surface area (Å²) >= 11 is 5.36. The van der Waals surface area contributed by atoms with Crippen LogP contribution >= 0.6 is 12.2 Å². The van der Waals surface area contributed by atoms with Crippen LogP contribution in [0.2, 0.25) is 0 Å².